The SMILES string of the molecule is CC/C=C\C/C=C\C/C=C\CCCCCCCCCC(=O)NCCOP(=O)(O)OCC(O)COC(=O)CCCCCCCCCCCCCCCCCCCCCCCCCC. The van der Waals surface area contributed by atoms with Crippen LogP contribution in [0, 0.1) is 0 Å². The summed E-state index contributed by atoms with van der Waals surface area (Å²) in [4.78, 5) is 34.1. The van der Waals surface area contributed by atoms with Gasteiger partial charge in [-0.1, -0.05) is 230 Å². The highest BCUT2D eigenvalue weighted by atomic mass is 31.2. The first-order valence-corrected chi connectivity index (χ1v) is 27.5. The van der Waals surface area contributed by atoms with Crippen LogP contribution in [0.15, 0.2) is 36.5 Å². The van der Waals surface area contributed by atoms with Crippen LogP contribution >= 0.6 is 7.82 Å². The lowest BCUT2D eigenvalue weighted by molar-refractivity contribution is -0.147. The predicted octanol–water partition coefficient (Wildman–Crippen LogP) is 15.3. The molecule has 0 saturated heterocycles. The minimum atomic E-state index is -4.42. The van der Waals surface area contributed by atoms with Gasteiger partial charge in [-0.3, -0.25) is 18.6 Å². The highest BCUT2D eigenvalue weighted by Gasteiger charge is 2.23. The molecule has 0 bridgehead atoms. The molecule has 0 radical (unpaired) electrons. The highest BCUT2D eigenvalue weighted by molar-refractivity contribution is 7.47. The van der Waals surface area contributed by atoms with Crippen LogP contribution in [0.25, 0.3) is 0 Å². The number of phosphoric ester groups is 1. The molecular weight excluding hydrogens is 798 g/mol. The molecule has 0 aliphatic rings. The van der Waals surface area contributed by atoms with E-state index in [0.29, 0.717) is 6.42 Å². The minimum Gasteiger partial charge on any atom is -0.463 e. The maximum absolute atomic E-state index is 12.1. The summed E-state index contributed by atoms with van der Waals surface area (Å²) in [7, 11) is -4.42. The number of rotatable bonds is 49. The van der Waals surface area contributed by atoms with E-state index in [9.17, 15) is 24.2 Å². The van der Waals surface area contributed by atoms with Crippen molar-refractivity contribution in [1.29, 1.82) is 0 Å². The normalized spacial score (nSPS) is 13.4. The number of esters is 1. The van der Waals surface area contributed by atoms with Crippen molar-refractivity contribution in [2.75, 3.05) is 26.4 Å². The van der Waals surface area contributed by atoms with Gasteiger partial charge >= 0.3 is 13.8 Å². The van der Waals surface area contributed by atoms with Gasteiger partial charge in [0.15, 0.2) is 0 Å². The highest BCUT2D eigenvalue weighted by Crippen LogP contribution is 2.42. The third kappa shape index (κ3) is 49.2. The molecule has 0 spiro atoms. The van der Waals surface area contributed by atoms with Gasteiger partial charge in [0.2, 0.25) is 5.91 Å². The number of carbonyl (C=O) groups excluding carboxylic acids is 2. The van der Waals surface area contributed by atoms with Crippen LogP contribution in [0.3, 0.4) is 0 Å². The Morgan fingerprint density at radius 2 is 0.919 bits per heavy atom. The average Bonchev–Trinajstić information content (AvgIpc) is 3.26. The zero-order valence-corrected chi connectivity index (χ0v) is 41.2. The lowest BCUT2D eigenvalue weighted by atomic mass is 10.0. The largest absolute Gasteiger partial charge is 0.472 e. The number of unbranched alkanes of at least 4 members (excludes halogenated alkanes) is 30. The molecule has 0 aliphatic heterocycles. The number of ether oxygens (including phenoxy) is 1. The molecule has 1 amide bonds. The van der Waals surface area contributed by atoms with Crippen molar-refractivity contribution in [3.63, 3.8) is 0 Å². The number of aliphatic hydroxyl groups is 1. The Hall–Kier alpha value is -1.77. The van der Waals surface area contributed by atoms with E-state index < -0.39 is 26.5 Å². The Balaban J connectivity index is 3.52. The third-order valence-corrected chi connectivity index (χ3v) is 12.3. The molecule has 3 N–H and O–H groups in total. The summed E-state index contributed by atoms with van der Waals surface area (Å²) in [6.07, 6.45) is 56.6. The van der Waals surface area contributed by atoms with Gasteiger partial charge < -0.3 is 20.1 Å². The Kier molecular flexibility index (Phi) is 47.3. The van der Waals surface area contributed by atoms with Crippen molar-refractivity contribution in [1.82, 2.24) is 5.32 Å². The number of phosphoric acid groups is 1. The van der Waals surface area contributed by atoms with Crippen LogP contribution in [0.2, 0.25) is 0 Å². The van der Waals surface area contributed by atoms with Crippen molar-refractivity contribution >= 4 is 19.7 Å². The van der Waals surface area contributed by atoms with E-state index in [1.54, 1.807) is 0 Å². The molecular formula is C52H98NO8P. The fourth-order valence-corrected chi connectivity index (χ4v) is 8.21. The number of aliphatic hydroxyl groups excluding tert-OH is 1. The third-order valence-electron chi connectivity index (χ3n) is 11.3. The Bertz CT molecular complexity index is 1110. The topological polar surface area (TPSA) is 131 Å². The Morgan fingerprint density at radius 1 is 0.516 bits per heavy atom. The molecule has 0 aromatic heterocycles. The van der Waals surface area contributed by atoms with Crippen molar-refractivity contribution in [3.05, 3.63) is 36.5 Å². The smallest absolute Gasteiger partial charge is 0.463 e. The Morgan fingerprint density at radius 3 is 1.39 bits per heavy atom. The standard InChI is InChI=1S/C52H98NO8P/c1-3-5-7-9-11-13-15-17-19-21-22-23-24-25-26-27-29-31-33-35-37-39-41-43-45-52(56)59-48-50(54)49-61-62(57,58)60-47-46-53-51(55)44-42-40-38-36-34-32-30-28-20-18-16-14-12-10-8-6-4-2/h6,8,12,14,18,20,50,54H,3-5,7,9-11,13,15-17,19,21-49H2,1-2H3,(H,53,55)(H,57,58)/b8-6-,14-12-,20-18-. The fourth-order valence-electron chi connectivity index (χ4n) is 7.46. The Labute approximate surface area is 382 Å². The van der Waals surface area contributed by atoms with E-state index in [1.165, 1.54) is 161 Å². The quantitative estimate of drug-likeness (QED) is 0.0238. The van der Waals surface area contributed by atoms with Crippen LogP contribution in [0.5, 0.6) is 0 Å². The first-order valence-electron chi connectivity index (χ1n) is 26.0. The van der Waals surface area contributed by atoms with E-state index >= 15 is 0 Å². The van der Waals surface area contributed by atoms with Crippen molar-refractivity contribution in [3.8, 4) is 0 Å². The van der Waals surface area contributed by atoms with Crippen LogP contribution in [0.4, 0.5) is 0 Å². The molecule has 0 aliphatic carbocycles. The summed E-state index contributed by atoms with van der Waals surface area (Å²) in [5, 5.41) is 12.7. The summed E-state index contributed by atoms with van der Waals surface area (Å²) in [5.74, 6) is -0.517. The van der Waals surface area contributed by atoms with Gasteiger partial charge in [-0.25, -0.2) is 4.57 Å². The summed E-state index contributed by atoms with van der Waals surface area (Å²) >= 11 is 0. The molecule has 0 fully saturated rings. The second kappa shape index (κ2) is 48.7. The molecule has 0 saturated carbocycles. The second-order valence-corrected chi connectivity index (χ2v) is 18.9. The van der Waals surface area contributed by atoms with Gasteiger partial charge in [-0.15, -0.1) is 0 Å². The molecule has 0 aromatic rings. The second-order valence-electron chi connectivity index (χ2n) is 17.5. The minimum absolute atomic E-state index is 0.0769. The zero-order chi connectivity index (χ0) is 45.3. The van der Waals surface area contributed by atoms with Crippen molar-refractivity contribution in [2.45, 2.75) is 258 Å². The summed E-state index contributed by atoms with van der Waals surface area (Å²) < 4.78 is 27.0. The molecule has 9 nitrogen and oxygen atoms in total. The van der Waals surface area contributed by atoms with Gasteiger partial charge in [0.25, 0.3) is 0 Å². The first-order chi connectivity index (χ1) is 30.3. The van der Waals surface area contributed by atoms with Crippen LogP contribution in [-0.2, 0) is 27.9 Å². The number of allylic oxidation sites excluding steroid dienone is 6. The van der Waals surface area contributed by atoms with E-state index in [-0.39, 0.29) is 32.1 Å². The number of amides is 1. The van der Waals surface area contributed by atoms with Gasteiger partial charge in [0, 0.05) is 19.4 Å². The maximum atomic E-state index is 12.1. The molecule has 364 valence electrons. The first kappa shape index (κ1) is 60.2. The number of hydrogen-bond donors (Lipinski definition) is 3. The summed E-state index contributed by atoms with van der Waals surface area (Å²) in [6.45, 7) is 3.47. The van der Waals surface area contributed by atoms with E-state index in [2.05, 4.69) is 55.6 Å². The van der Waals surface area contributed by atoms with Crippen molar-refractivity contribution < 1.29 is 37.9 Å². The zero-order valence-electron chi connectivity index (χ0n) is 40.3. The maximum Gasteiger partial charge on any atom is 0.472 e. The van der Waals surface area contributed by atoms with Crippen LogP contribution in [0.1, 0.15) is 251 Å². The van der Waals surface area contributed by atoms with Gasteiger partial charge in [0.05, 0.1) is 13.2 Å². The lowest BCUT2D eigenvalue weighted by Gasteiger charge is -2.15. The van der Waals surface area contributed by atoms with Gasteiger partial charge in [-0.2, -0.15) is 0 Å². The molecule has 10 heteroatoms. The lowest BCUT2D eigenvalue weighted by Crippen LogP contribution is -2.27. The fraction of sp³-hybridized carbons (Fsp3) is 0.846. The van der Waals surface area contributed by atoms with Crippen LogP contribution < -0.4 is 5.32 Å². The molecule has 0 aromatic carbocycles. The monoisotopic (exact) mass is 896 g/mol. The van der Waals surface area contributed by atoms with E-state index in [0.717, 1.165) is 64.2 Å². The summed E-state index contributed by atoms with van der Waals surface area (Å²) in [5.41, 5.74) is 0. The predicted molar refractivity (Wildman–Crippen MR) is 261 cm³/mol. The number of hydrogen-bond acceptors (Lipinski definition) is 7. The molecule has 0 heterocycles. The van der Waals surface area contributed by atoms with Crippen LogP contribution in [-0.4, -0.2) is 54.3 Å². The average molecular weight is 896 g/mol. The molecule has 2 atom stereocenters. The van der Waals surface area contributed by atoms with E-state index in [4.69, 9.17) is 13.8 Å². The summed E-state index contributed by atoms with van der Waals surface area (Å²) in [6, 6.07) is 0. The van der Waals surface area contributed by atoms with Gasteiger partial charge in [0.1, 0.15) is 12.7 Å². The number of carbonyl (C=O) groups is 2. The van der Waals surface area contributed by atoms with E-state index in [1.807, 2.05) is 0 Å². The number of nitrogens with one attached hydrogen (secondary N) is 1. The van der Waals surface area contributed by atoms with Crippen molar-refractivity contribution in [2.24, 2.45) is 0 Å². The molecule has 62 heavy (non-hydrogen) atoms. The van der Waals surface area contributed by atoms with Gasteiger partial charge in [-0.05, 0) is 44.9 Å². The molecule has 2 unspecified atom stereocenters. The molecule has 0 rings (SSSR count).